The third kappa shape index (κ3) is 43.3. The number of aryl methyl sites for hydroxylation is 4. The number of unbranched alkanes of at least 4 members (excludes halogenated alkanes) is 41. The predicted octanol–water partition coefficient (Wildman–Crippen LogP) is 27.5. The van der Waals surface area contributed by atoms with Gasteiger partial charge in [-0.15, -0.1) is 0 Å². The molecule has 2 aromatic carbocycles. The van der Waals surface area contributed by atoms with Crippen molar-refractivity contribution in [2.24, 2.45) is 0 Å². The normalized spacial score (nSPS) is 12.1. The Balaban J connectivity index is 0.00000132. The Kier molecular flexibility index (Phi) is 58.3. The molecule has 1 heterocycles. The molecule has 0 atom stereocenters. The van der Waals surface area contributed by atoms with Crippen LogP contribution in [-0.2, 0) is 42.2 Å². The molecular weight excluding hydrogens is 1020 g/mol. The number of benzene rings is 2. The maximum absolute atomic E-state index is 11.9. The first kappa shape index (κ1) is 79.0. The van der Waals surface area contributed by atoms with Crippen LogP contribution in [-0.4, -0.2) is 4.70 Å². The van der Waals surface area contributed by atoms with Crippen molar-refractivity contribution in [3.63, 3.8) is 0 Å². The molecule has 0 spiro atoms. The van der Waals surface area contributed by atoms with Gasteiger partial charge < -0.3 is 19.4 Å². The molecule has 1 aliphatic heterocycles. The summed E-state index contributed by atoms with van der Waals surface area (Å²) in [4.78, 5) is 0. The molecule has 0 N–H and O–H groups in total. The fraction of sp³-hybridized carbons (Fsp3) is 0.769. The van der Waals surface area contributed by atoms with Gasteiger partial charge in [-0.3, -0.25) is 0 Å². The van der Waals surface area contributed by atoms with E-state index in [9.17, 15) is 5.53 Å². The van der Waals surface area contributed by atoms with Gasteiger partial charge in [-0.1, -0.05) is 324 Å². The molecule has 3 heteroatoms. The molecule has 0 amide bonds. The second kappa shape index (κ2) is 59.7. The van der Waals surface area contributed by atoms with Crippen molar-refractivity contribution in [2.45, 2.75) is 389 Å². The second-order valence-electron chi connectivity index (χ2n) is 25.0. The van der Waals surface area contributed by atoms with Gasteiger partial charge in [-0.25, -0.2) is 4.70 Å². The number of hydrogen-bond donors (Lipinski definition) is 0. The molecule has 0 aliphatic carbocycles. The third-order valence-corrected chi connectivity index (χ3v) is 17.0. The fourth-order valence-corrected chi connectivity index (χ4v) is 11.7. The van der Waals surface area contributed by atoms with Crippen molar-refractivity contribution in [1.82, 2.24) is 0 Å². The van der Waals surface area contributed by atoms with E-state index >= 15 is 0 Å². The SMILES string of the molecule is CCCCCc1cc(CCCC)cc(C2=CC(CCCC)=C(c3cc(CCCC)cc(CCCCC)c3)[N+]2=[N-])c1.[CH2-]CCCCCCCCCCCCCCCCCCC.[CH2-]CCCCCCCCCCCCCCCCCCC.[Ni+2]. The van der Waals surface area contributed by atoms with Crippen molar-refractivity contribution >= 4 is 11.4 Å². The summed E-state index contributed by atoms with van der Waals surface area (Å²) in [6.45, 7) is 23.7. The van der Waals surface area contributed by atoms with Gasteiger partial charge in [0.25, 0.3) is 0 Å². The maximum atomic E-state index is 11.9. The predicted molar refractivity (Wildman–Crippen MR) is 363 cm³/mol. The molecule has 0 saturated carbocycles. The molecule has 470 valence electrons. The van der Waals surface area contributed by atoms with Crippen molar-refractivity contribution in [1.29, 1.82) is 0 Å². The van der Waals surface area contributed by atoms with Crippen LogP contribution in [0.15, 0.2) is 48.0 Å². The van der Waals surface area contributed by atoms with E-state index in [1.54, 1.807) is 0 Å². The average Bonchev–Trinajstić information content (AvgIpc) is 3.80. The number of nitrogens with zero attached hydrogens (tertiary/aromatic N) is 2. The van der Waals surface area contributed by atoms with E-state index in [1.165, 1.54) is 321 Å². The molecule has 0 saturated heterocycles. The standard InChI is InChI=1S/C38H56N2.2C20H41.Ni/c1-6-11-16-20-32-23-30(18-13-8-3)25-35(26-32)37-29-34(22-15-10-5)38(40(37)39)36-27-31(19-14-9-4)24-33(28-36)21-17-12-7-2;2*1-3-5-7-9-11-13-15-17-19-20-18-16-14-12-10-8-6-4-2;/h23-29H,6-22H2,1-5H3;2*1,3-20H2,2H3;/q;2*-1;+2. The van der Waals surface area contributed by atoms with Crippen molar-refractivity contribution < 1.29 is 21.2 Å². The number of hydrogen-bond acceptors (Lipinski definition) is 0. The largest absolute Gasteiger partial charge is 2.00 e. The van der Waals surface area contributed by atoms with E-state index in [1.807, 2.05) is 0 Å². The summed E-state index contributed by atoms with van der Waals surface area (Å²) in [5.74, 6) is 0. The Labute approximate surface area is 519 Å². The van der Waals surface area contributed by atoms with Gasteiger partial charge in [0.1, 0.15) is 0 Å². The molecular formula is C78H138N2Ni. The van der Waals surface area contributed by atoms with Gasteiger partial charge in [-0.05, 0) is 111 Å². The first-order valence-corrected chi connectivity index (χ1v) is 36.2. The monoisotopic (exact) mass is 1160 g/mol. The Morgan fingerprint density at radius 3 is 0.802 bits per heavy atom. The summed E-state index contributed by atoms with van der Waals surface area (Å²) in [7, 11) is 0. The van der Waals surface area contributed by atoms with Gasteiger partial charge in [0, 0.05) is 22.8 Å². The molecule has 0 radical (unpaired) electrons. The smallest absolute Gasteiger partial charge is 0.493 e. The van der Waals surface area contributed by atoms with Crippen LogP contribution in [0.25, 0.3) is 16.9 Å². The van der Waals surface area contributed by atoms with Gasteiger partial charge in [0.15, 0.2) is 0 Å². The fourth-order valence-electron chi connectivity index (χ4n) is 11.7. The molecule has 0 bridgehead atoms. The quantitative estimate of drug-likeness (QED) is 0.0273. The zero-order valence-corrected chi connectivity index (χ0v) is 56.6. The maximum Gasteiger partial charge on any atom is 2.00 e. The molecule has 1 aliphatic rings. The molecule has 0 fully saturated rings. The van der Waals surface area contributed by atoms with E-state index < -0.39 is 0 Å². The van der Waals surface area contributed by atoms with Crippen molar-refractivity contribution in [3.05, 3.63) is 101 Å². The summed E-state index contributed by atoms with van der Waals surface area (Å²) < 4.78 is 1.54. The number of rotatable bonds is 53. The van der Waals surface area contributed by atoms with Gasteiger partial charge in [0.2, 0.25) is 11.4 Å². The van der Waals surface area contributed by atoms with Crippen LogP contribution < -0.4 is 0 Å². The summed E-state index contributed by atoms with van der Waals surface area (Å²) in [5, 5.41) is 0. The third-order valence-electron chi connectivity index (χ3n) is 17.0. The van der Waals surface area contributed by atoms with Crippen LogP contribution in [0, 0.1) is 13.8 Å². The van der Waals surface area contributed by atoms with Crippen molar-refractivity contribution in [3.8, 4) is 0 Å². The van der Waals surface area contributed by atoms with Crippen LogP contribution in [0.4, 0.5) is 0 Å². The molecule has 0 aromatic heterocycles. The first-order chi connectivity index (χ1) is 39.4. The van der Waals surface area contributed by atoms with Gasteiger partial charge >= 0.3 is 16.5 Å². The minimum Gasteiger partial charge on any atom is -0.493 e. The summed E-state index contributed by atoms with van der Waals surface area (Å²) in [6.07, 6.45) is 73.9. The Morgan fingerprint density at radius 2 is 0.519 bits per heavy atom. The van der Waals surface area contributed by atoms with Crippen LogP contribution in [0.2, 0.25) is 0 Å². The summed E-state index contributed by atoms with van der Waals surface area (Å²) >= 11 is 0. The molecule has 3 rings (SSSR count). The van der Waals surface area contributed by atoms with Crippen molar-refractivity contribution in [2.75, 3.05) is 0 Å². The first-order valence-electron chi connectivity index (χ1n) is 36.2. The molecule has 2 aromatic rings. The van der Waals surface area contributed by atoms with Crippen LogP contribution in [0.1, 0.15) is 396 Å². The minimum absolute atomic E-state index is 0. The Bertz CT molecular complexity index is 1680. The van der Waals surface area contributed by atoms with Gasteiger partial charge in [0.05, 0.1) is 0 Å². The van der Waals surface area contributed by atoms with E-state index in [2.05, 4.69) is 105 Å². The zero-order chi connectivity index (χ0) is 58.2. The van der Waals surface area contributed by atoms with E-state index in [0.717, 1.165) is 74.7 Å². The molecule has 81 heavy (non-hydrogen) atoms. The van der Waals surface area contributed by atoms with E-state index in [4.69, 9.17) is 0 Å². The number of allylic oxidation sites excluding steroid dienone is 2. The second-order valence-corrected chi connectivity index (χ2v) is 25.0. The average molecular weight is 1160 g/mol. The molecule has 2 nitrogen and oxygen atoms in total. The zero-order valence-electron chi connectivity index (χ0n) is 55.6. The van der Waals surface area contributed by atoms with E-state index in [-0.39, 0.29) is 16.5 Å². The Morgan fingerprint density at radius 1 is 0.284 bits per heavy atom. The minimum atomic E-state index is 0. The van der Waals surface area contributed by atoms with Crippen LogP contribution in [0.5, 0.6) is 0 Å². The van der Waals surface area contributed by atoms with E-state index in [0.29, 0.717) is 0 Å². The topological polar surface area (TPSA) is 25.3 Å². The summed E-state index contributed by atoms with van der Waals surface area (Å²) in [5.41, 5.74) is 23.1. The van der Waals surface area contributed by atoms with Crippen LogP contribution >= 0.6 is 0 Å². The van der Waals surface area contributed by atoms with Crippen LogP contribution in [0.3, 0.4) is 0 Å². The molecule has 0 unspecified atom stereocenters. The Hall–Kier alpha value is -1.99. The summed E-state index contributed by atoms with van der Waals surface area (Å²) in [6, 6.07) is 14.2. The van der Waals surface area contributed by atoms with Gasteiger partial charge in [-0.2, -0.15) is 12.8 Å².